The highest BCUT2D eigenvalue weighted by Gasteiger charge is 2.31. The fourth-order valence-electron chi connectivity index (χ4n) is 2.62. The highest BCUT2D eigenvalue weighted by atomic mass is 16.2. The summed E-state index contributed by atoms with van der Waals surface area (Å²) in [5.74, 6) is 0.630. The van der Waals surface area contributed by atoms with Crippen LogP contribution in [0.1, 0.15) is 57.4 Å². The highest BCUT2D eigenvalue weighted by Crippen LogP contribution is 2.30. The van der Waals surface area contributed by atoms with Crippen molar-refractivity contribution in [2.45, 2.75) is 53.8 Å². The predicted molar refractivity (Wildman–Crippen MR) is 81.9 cm³/mol. The number of carbonyl (C=O) groups excluding carboxylic acids is 1. The van der Waals surface area contributed by atoms with Crippen molar-refractivity contribution >= 4 is 5.91 Å². The molecule has 1 aromatic rings. The first-order valence-corrected chi connectivity index (χ1v) is 7.37. The number of benzene rings is 1. The second-order valence-electron chi connectivity index (χ2n) is 7.21. The quantitative estimate of drug-likeness (QED) is 0.900. The molecular weight excluding hydrogens is 248 g/mol. The van der Waals surface area contributed by atoms with E-state index in [1.807, 2.05) is 25.7 Å². The average molecular weight is 274 g/mol. The van der Waals surface area contributed by atoms with E-state index in [1.54, 1.807) is 0 Å². The van der Waals surface area contributed by atoms with E-state index in [4.69, 9.17) is 5.73 Å². The molecule has 3 nitrogen and oxygen atoms in total. The van der Waals surface area contributed by atoms with Crippen molar-refractivity contribution in [3.8, 4) is 0 Å². The summed E-state index contributed by atoms with van der Waals surface area (Å²) >= 11 is 0. The van der Waals surface area contributed by atoms with Gasteiger partial charge in [0.2, 0.25) is 5.91 Å². The summed E-state index contributed by atoms with van der Waals surface area (Å²) in [5.41, 5.74) is 9.56. The van der Waals surface area contributed by atoms with Crippen molar-refractivity contribution in [1.82, 2.24) is 4.90 Å². The molecule has 0 saturated heterocycles. The third-order valence-electron chi connectivity index (χ3n) is 3.98. The van der Waals surface area contributed by atoms with Gasteiger partial charge in [0, 0.05) is 24.5 Å². The molecule has 2 N–H and O–H groups in total. The number of nitrogens with two attached hydrogens (primary N) is 1. The van der Waals surface area contributed by atoms with Crippen molar-refractivity contribution in [2.24, 2.45) is 17.1 Å². The van der Waals surface area contributed by atoms with E-state index in [-0.39, 0.29) is 17.4 Å². The van der Waals surface area contributed by atoms with Gasteiger partial charge in [-0.2, -0.15) is 0 Å². The molecule has 1 amide bonds. The van der Waals surface area contributed by atoms with Crippen LogP contribution in [0, 0.1) is 11.3 Å². The Labute approximate surface area is 122 Å². The summed E-state index contributed by atoms with van der Waals surface area (Å²) in [6.45, 7) is 11.6. The highest BCUT2D eigenvalue weighted by molar-refractivity contribution is 5.82. The Kier molecular flexibility index (Phi) is 3.92. The molecule has 0 spiro atoms. The van der Waals surface area contributed by atoms with Crippen LogP contribution in [-0.2, 0) is 17.9 Å². The summed E-state index contributed by atoms with van der Waals surface area (Å²) in [5, 5.41) is 0. The Morgan fingerprint density at radius 3 is 2.35 bits per heavy atom. The van der Waals surface area contributed by atoms with Gasteiger partial charge in [0.1, 0.15) is 0 Å². The van der Waals surface area contributed by atoms with Gasteiger partial charge in [0.15, 0.2) is 0 Å². The molecule has 0 saturated carbocycles. The van der Waals surface area contributed by atoms with Crippen molar-refractivity contribution < 1.29 is 4.79 Å². The number of hydrogen-bond donors (Lipinski definition) is 1. The molecule has 1 aromatic carbocycles. The van der Waals surface area contributed by atoms with Crippen LogP contribution in [0.5, 0.6) is 0 Å². The Hall–Kier alpha value is -1.35. The van der Waals surface area contributed by atoms with Gasteiger partial charge in [-0.25, -0.2) is 0 Å². The number of nitrogens with zero attached hydrogens (tertiary/aromatic N) is 1. The Bertz CT molecular complexity index is 514. The smallest absolute Gasteiger partial charge is 0.228 e. The van der Waals surface area contributed by atoms with E-state index < -0.39 is 0 Å². The van der Waals surface area contributed by atoms with Crippen molar-refractivity contribution in [2.75, 3.05) is 0 Å². The summed E-state index contributed by atoms with van der Waals surface area (Å²) in [6.07, 6.45) is 0. The van der Waals surface area contributed by atoms with E-state index in [0.29, 0.717) is 12.5 Å². The summed E-state index contributed by atoms with van der Waals surface area (Å²) in [4.78, 5) is 14.3. The van der Waals surface area contributed by atoms with Crippen molar-refractivity contribution in [3.63, 3.8) is 0 Å². The third-order valence-corrected chi connectivity index (χ3v) is 3.98. The summed E-state index contributed by atoms with van der Waals surface area (Å²) in [6, 6.07) is 6.47. The first-order chi connectivity index (χ1) is 9.20. The summed E-state index contributed by atoms with van der Waals surface area (Å²) < 4.78 is 0. The largest absolute Gasteiger partial charge is 0.334 e. The maximum absolute atomic E-state index is 12.4. The number of hydrogen-bond acceptors (Lipinski definition) is 2. The molecule has 1 heterocycles. The molecule has 2 rings (SSSR count). The minimum Gasteiger partial charge on any atom is -0.334 e. The van der Waals surface area contributed by atoms with E-state index in [2.05, 4.69) is 32.0 Å². The Balaban J connectivity index is 2.19. The third kappa shape index (κ3) is 2.88. The molecule has 0 aliphatic carbocycles. The lowest BCUT2D eigenvalue weighted by molar-refractivity contribution is -0.140. The fraction of sp³-hybridized carbons (Fsp3) is 0.588. The lowest BCUT2D eigenvalue weighted by atomic mass is 9.94. The normalized spacial score (nSPS) is 16.4. The molecule has 3 heteroatoms. The van der Waals surface area contributed by atoms with Crippen LogP contribution in [0.4, 0.5) is 0 Å². The molecule has 1 aliphatic rings. The van der Waals surface area contributed by atoms with Gasteiger partial charge in [0.25, 0.3) is 0 Å². The first-order valence-electron chi connectivity index (χ1n) is 7.37. The van der Waals surface area contributed by atoms with Crippen molar-refractivity contribution in [1.29, 1.82) is 0 Å². The maximum atomic E-state index is 12.4. The van der Waals surface area contributed by atoms with Gasteiger partial charge < -0.3 is 10.6 Å². The minimum atomic E-state index is -0.320. The zero-order valence-corrected chi connectivity index (χ0v) is 13.2. The van der Waals surface area contributed by atoms with Gasteiger partial charge in [-0.1, -0.05) is 52.8 Å². The number of fused-ring (bicyclic) bond motifs is 1. The van der Waals surface area contributed by atoms with Gasteiger partial charge >= 0.3 is 0 Å². The molecule has 0 bridgehead atoms. The second-order valence-corrected chi connectivity index (χ2v) is 7.21. The van der Waals surface area contributed by atoms with Crippen LogP contribution in [-0.4, -0.2) is 10.8 Å². The average Bonchev–Trinajstić information content (AvgIpc) is 2.77. The predicted octanol–water partition coefficient (Wildman–Crippen LogP) is 3.23. The van der Waals surface area contributed by atoms with Crippen LogP contribution in [0.3, 0.4) is 0 Å². The second kappa shape index (κ2) is 5.21. The van der Waals surface area contributed by atoms with Gasteiger partial charge in [-0.15, -0.1) is 0 Å². The Morgan fingerprint density at radius 2 is 1.80 bits per heavy atom. The minimum absolute atomic E-state index is 0.0627. The molecule has 110 valence electrons. The fourth-order valence-corrected chi connectivity index (χ4v) is 2.62. The molecule has 20 heavy (non-hydrogen) atoms. The molecule has 0 fully saturated rings. The van der Waals surface area contributed by atoms with E-state index >= 15 is 0 Å². The van der Waals surface area contributed by atoms with Crippen LogP contribution < -0.4 is 5.73 Å². The molecule has 0 aromatic heterocycles. The molecule has 1 aliphatic heterocycles. The topological polar surface area (TPSA) is 46.3 Å². The zero-order valence-electron chi connectivity index (χ0n) is 13.2. The molecular formula is C17H26N2O. The van der Waals surface area contributed by atoms with Crippen LogP contribution in [0.15, 0.2) is 18.2 Å². The van der Waals surface area contributed by atoms with Crippen LogP contribution in [0.25, 0.3) is 0 Å². The standard InChI is InChI=1S/C17H26N2O/c1-11(2)15(18)12-6-7-13-9-19(10-14(13)8-12)16(20)17(3,4)5/h6-8,11,15H,9-10,18H2,1-5H3. The molecule has 0 radical (unpaired) electrons. The lowest BCUT2D eigenvalue weighted by Crippen LogP contribution is -2.35. The maximum Gasteiger partial charge on any atom is 0.228 e. The first kappa shape index (κ1) is 15.0. The number of rotatable bonds is 2. The zero-order chi connectivity index (χ0) is 15.1. The van der Waals surface area contributed by atoms with Crippen LogP contribution >= 0.6 is 0 Å². The van der Waals surface area contributed by atoms with Gasteiger partial charge in [-0.3, -0.25) is 4.79 Å². The van der Waals surface area contributed by atoms with E-state index in [0.717, 1.165) is 6.54 Å². The van der Waals surface area contributed by atoms with Gasteiger partial charge in [-0.05, 0) is 22.6 Å². The van der Waals surface area contributed by atoms with Crippen molar-refractivity contribution in [3.05, 3.63) is 34.9 Å². The number of amides is 1. The van der Waals surface area contributed by atoms with Gasteiger partial charge in [0.05, 0.1) is 0 Å². The molecule has 1 atom stereocenters. The number of carbonyl (C=O) groups is 1. The van der Waals surface area contributed by atoms with Crippen LogP contribution in [0.2, 0.25) is 0 Å². The molecule has 1 unspecified atom stereocenters. The monoisotopic (exact) mass is 274 g/mol. The Morgan fingerprint density at radius 1 is 1.20 bits per heavy atom. The SMILES string of the molecule is CC(C)C(N)c1ccc2c(c1)CN(C(=O)C(C)(C)C)C2. The lowest BCUT2D eigenvalue weighted by Gasteiger charge is -2.25. The van der Waals surface area contributed by atoms with E-state index in [1.165, 1.54) is 16.7 Å². The summed E-state index contributed by atoms with van der Waals surface area (Å²) in [7, 11) is 0. The van der Waals surface area contributed by atoms with E-state index in [9.17, 15) is 4.79 Å².